The monoisotopic (exact) mass is 230 g/mol. The quantitative estimate of drug-likeness (QED) is 0.404. The molecule has 0 radical (unpaired) electrons. The second-order valence-corrected chi connectivity index (χ2v) is 4.42. The fourth-order valence-electron chi connectivity index (χ4n) is 2.65. The summed E-state index contributed by atoms with van der Waals surface area (Å²) in [6.45, 7) is 0. The van der Waals surface area contributed by atoms with Crippen molar-refractivity contribution in [2.75, 3.05) is 0 Å². The number of benzene rings is 3. The number of pyridine rings is 1. The Morgan fingerprint density at radius 3 is 2.11 bits per heavy atom. The lowest BCUT2D eigenvalue weighted by molar-refractivity contribution is 1.43. The van der Waals surface area contributed by atoms with Crippen LogP contribution in [0.2, 0.25) is 0 Å². The van der Waals surface area contributed by atoms with Crippen LogP contribution >= 0.6 is 0 Å². The Balaban J connectivity index is 2.43. The molecule has 0 N–H and O–H groups in total. The number of hydrogen-bond donors (Lipinski definition) is 0. The van der Waals surface area contributed by atoms with Gasteiger partial charge < -0.3 is 0 Å². The first kappa shape index (κ1) is 8.65. The molecule has 0 spiro atoms. The van der Waals surface area contributed by atoms with Crippen LogP contribution in [-0.2, 0) is 0 Å². The molecule has 4 rings (SSSR count). The molecule has 1 aromatic heterocycles. The van der Waals surface area contributed by atoms with Crippen LogP contribution in [0.25, 0.3) is 32.4 Å². The van der Waals surface area contributed by atoms with Gasteiger partial charge in [0.25, 0.3) is 0 Å². The van der Waals surface area contributed by atoms with E-state index in [9.17, 15) is 0 Å². The van der Waals surface area contributed by atoms with Gasteiger partial charge in [-0.1, -0.05) is 54.6 Å². The molecule has 4 aromatic rings. The van der Waals surface area contributed by atoms with E-state index in [1.807, 2.05) is 42.6 Å². The van der Waals surface area contributed by atoms with Crippen molar-refractivity contribution in [2.45, 2.75) is 0 Å². The summed E-state index contributed by atoms with van der Waals surface area (Å²) in [6, 6.07) is 18.7. The van der Waals surface area contributed by atoms with E-state index in [1.54, 1.807) is 0 Å². The van der Waals surface area contributed by atoms with E-state index in [2.05, 4.69) is 23.2 Å². The topological polar surface area (TPSA) is 12.9 Å². The number of hydrogen-bond acceptors (Lipinski definition) is 1. The molecule has 1 nitrogen and oxygen atoms in total. The van der Waals surface area contributed by atoms with Gasteiger partial charge in [-0.15, -0.1) is 0 Å². The van der Waals surface area contributed by atoms with Gasteiger partial charge in [0.2, 0.25) is 0 Å². The largest absolute Gasteiger partial charge is 0.256 e. The minimum atomic E-state index is 0.535. The molecular formula is C17H11N. The van der Waals surface area contributed by atoms with Gasteiger partial charge in [-0.05, 0) is 22.2 Å². The molecule has 18 heavy (non-hydrogen) atoms. The third kappa shape index (κ3) is 1.19. The van der Waals surface area contributed by atoms with Crippen molar-refractivity contribution < 1.29 is 1.37 Å². The van der Waals surface area contributed by atoms with E-state index in [4.69, 9.17) is 1.37 Å². The van der Waals surface area contributed by atoms with Crippen LogP contribution in [0.15, 0.2) is 66.8 Å². The molecule has 0 aliphatic rings. The summed E-state index contributed by atoms with van der Waals surface area (Å²) in [4.78, 5) is 4.53. The summed E-state index contributed by atoms with van der Waals surface area (Å²) in [6.07, 6.45) is 1.82. The van der Waals surface area contributed by atoms with Crippen molar-refractivity contribution in [2.24, 2.45) is 0 Å². The maximum Gasteiger partial charge on any atom is 0.0786 e. The van der Waals surface area contributed by atoms with Crippen LogP contribution in [0, 0.1) is 0 Å². The molecule has 0 aliphatic heterocycles. The molecule has 0 amide bonds. The molecular weight excluding hydrogens is 218 g/mol. The van der Waals surface area contributed by atoms with Gasteiger partial charge in [0, 0.05) is 17.0 Å². The van der Waals surface area contributed by atoms with Crippen LogP contribution in [0.5, 0.6) is 0 Å². The van der Waals surface area contributed by atoms with Gasteiger partial charge in [-0.25, -0.2) is 0 Å². The summed E-state index contributed by atoms with van der Waals surface area (Å²) in [5, 5.41) is 5.78. The summed E-state index contributed by atoms with van der Waals surface area (Å²) >= 11 is 0. The van der Waals surface area contributed by atoms with E-state index >= 15 is 0 Å². The van der Waals surface area contributed by atoms with E-state index < -0.39 is 0 Å². The van der Waals surface area contributed by atoms with Crippen LogP contribution in [0.4, 0.5) is 0 Å². The highest BCUT2D eigenvalue weighted by Crippen LogP contribution is 2.33. The number of nitrogens with zero attached hydrogens (tertiary/aromatic N) is 1. The minimum Gasteiger partial charge on any atom is -0.256 e. The molecule has 0 saturated carbocycles. The lowest BCUT2D eigenvalue weighted by atomic mass is 9.97. The molecule has 3 aromatic carbocycles. The van der Waals surface area contributed by atoms with Gasteiger partial charge in [0.1, 0.15) is 0 Å². The molecule has 0 saturated heterocycles. The Kier molecular flexibility index (Phi) is 1.70. The molecule has 84 valence electrons. The zero-order valence-corrected chi connectivity index (χ0v) is 9.72. The Hall–Kier alpha value is -2.41. The van der Waals surface area contributed by atoms with E-state index in [1.165, 1.54) is 16.2 Å². The third-order valence-corrected chi connectivity index (χ3v) is 3.43. The van der Waals surface area contributed by atoms with Crippen molar-refractivity contribution in [1.82, 2.24) is 4.98 Å². The van der Waals surface area contributed by atoms with Crippen LogP contribution in [0.3, 0.4) is 0 Å². The average molecular weight is 230 g/mol. The van der Waals surface area contributed by atoms with Gasteiger partial charge in [0.15, 0.2) is 0 Å². The molecule has 0 aliphatic carbocycles. The lowest BCUT2D eigenvalue weighted by Gasteiger charge is -2.08. The fourth-order valence-corrected chi connectivity index (χ4v) is 2.65. The Morgan fingerprint density at radius 1 is 0.667 bits per heavy atom. The van der Waals surface area contributed by atoms with Gasteiger partial charge in [-0.2, -0.15) is 0 Å². The smallest absolute Gasteiger partial charge is 0.0786 e. The van der Waals surface area contributed by atoms with Gasteiger partial charge >= 0.3 is 0 Å². The highest BCUT2D eigenvalue weighted by molar-refractivity contribution is 6.23. The second kappa shape index (κ2) is 3.54. The summed E-state index contributed by atoms with van der Waals surface area (Å²) < 4.78 is 7.84. The first-order chi connectivity index (χ1) is 9.34. The molecule has 1 heterocycles. The van der Waals surface area contributed by atoms with Gasteiger partial charge in [0.05, 0.1) is 6.89 Å². The average Bonchev–Trinajstić information content (AvgIpc) is 2.47. The van der Waals surface area contributed by atoms with Crippen molar-refractivity contribution in [3.05, 3.63) is 66.8 Å². The second-order valence-electron chi connectivity index (χ2n) is 4.42. The van der Waals surface area contributed by atoms with E-state index in [0.29, 0.717) is 6.04 Å². The van der Waals surface area contributed by atoms with Crippen LogP contribution in [-0.4, -0.2) is 4.98 Å². The Bertz CT molecular complexity index is 893. The van der Waals surface area contributed by atoms with Crippen LogP contribution < -0.4 is 0 Å². The summed E-state index contributed by atoms with van der Waals surface area (Å²) in [5.74, 6) is 0. The SMILES string of the molecule is [2H]c1ccc2c(c1)c1ccccc1c1cccnc12. The zero-order valence-electron chi connectivity index (χ0n) is 10.7. The zero-order chi connectivity index (χ0) is 12.8. The van der Waals surface area contributed by atoms with Crippen LogP contribution in [0.1, 0.15) is 1.37 Å². The predicted octanol–water partition coefficient (Wildman–Crippen LogP) is 4.54. The number of aromatic nitrogens is 1. The standard InChI is InChI=1S/C17H11N/c1-2-7-14-12(6-1)13-8-3-4-9-15(13)17-16(14)10-5-11-18-17/h1-11H/i3D. The third-order valence-electron chi connectivity index (χ3n) is 3.43. The minimum absolute atomic E-state index is 0.535. The highest BCUT2D eigenvalue weighted by Gasteiger charge is 2.07. The normalized spacial score (nSPS) is 12.1. The van der Waals surface area contributed by atoms with E-state index in [0.717, 1.165) is 16.3 Å². The number of fused-ring (bicyclic) bond motifs is 6. The molecule has 0 bridgehead atoms. The lowest BCUT2D eigenvalue weighted by Crippen LogP contribution is -1.84. The Morgan fingerprint density at radius 2 is 1.28 bits per heavy atom. The first-order valence-electron chi connectivity index (χ1n) is 6.50. The first-order valence-corrected chi connectivity index (χ1v) is 6.00. The number of rotatable bonds is 0. The van der Waals surface area contributed by atoms with Crippen molar-refractivity contribution in [1.29, 1.82) is 0 Å². The predicted molar refractivity (Wildman–Crippen MR) is 76.8 cm³/mol. The van der Waals surface area contributed by atoms with Gasteiger partial charge in [-0.3, -0.25) is 4.98 Å². The fraction of sp³-hybridized carbons (Fsp3) is 0. The van der Waals surface area contributed by atoms with Crippen molar-refractivity contribution in [3.8, 4) is 0 Å². The van der Waals surface area contributed by atoms with Crippen molar-refractivity contribution >= 4 is 32.4 Å². The van der Waals surface area contributed by atoms with E-state index in [-0.39, 0.29) is 0 Å². The maximum atomic E-state index is 7.84. The van der Waals surface area contributed by atoms with Crippen molar-refractivity contribution in [3.63, 3.8) is 0 Å². The maximum absolute atomic E-state index is 7.84. The Labute approximate surface area is 106 Å². The highest BCUT2D eigenvalue weighted by atomic mass is 14.6. The molecule has 1 heteroatoms. The molecule has 0 unspecified atom stereocenters. The molecule has 0 atom stereocenters. The summed E-state index contributed by atoms with van der Waals surface area (Å²) in [5.41, 5.74) is 1.01. The molecule has 0 fully saturated rings. The summed E-state index contributed by atoms with van der Waals surface area (Å²) in [7, 11) is 0.